The first-order chi connectivity index (χ1) is 6.84. The van der Waals surface area contributed by atoms with Crippen molar-refractivity contribution in [3.05, 3.63) is 46.3 Å². The molecule has 0 fully saturated rings. The van der Waals surface area contributed by atoms with Crippen LogP contribution in [0.25, 0.3) is 20.9 Å². The Morgan fingerprint density at radius 3 is 2.71 bits per heavy atom. The van der Waals surface area contributed by atoms with Crippen LogP contribution in [0.5, 0.6) is 0 Å². The van der Waals surface area contributed by atoms with Crippen LogP contribution in [-0.4, -0.2) is 0 Å². The van der Waals surface area contributed by atoms with Crippen LogP contribution in [-0.2, 0) is 0 Å². The van der Waals surface area contributed by atoms with Crippen LogP contribution in [0, 0.1) is 0 Å². The largest absolute Gasteiger partial charge is 0.128 e. The highest BCUT2D eigenvalue weighted by molar-refractivity contribution is 9.11. The van der Waals surface area contributed by atoms with Crippen molar-refractivity contribution in [2.45, 2.75) is 0 Å². The van der Waals surface area contributed by atoms with E-state index >= 15 is 0 Å². The molecule has 0 radical (unpaired) electrons. The highest BCUT2D eigenvalue weighted by Gasteiger charge is 2.02. The Morgan fingerprint density at radius 1 is 0.929 bits per heavy atom. The SMILES string of the molecule is Brc1cc2c(ccc3ccccc32)s1. The molecule has 0 aliphatic carbocycles. The summed E-state index contributed by atoms with van der Waals surface area (Å²) >= 11 is 5.31. The zero-order valence-electron chi connectivity index (χ0n) is 7.33. The lowest BCUT2D eigenvalue weighted by Gasteiger charge is -1.97. The van der Waals surface area contributed by atoms with E-state index in [0.29, 0.717) is 0 Å². The van der Waals surface area contributed by atoms with Crippen LogP contribution in [0.4, 0.5) is 0 Å². The Balaban J connectivity index is 2.60. The molecule has 0 N–H and O–H groups in total. The summed E-state index contributed by atoms with van der Waals surface area (Å²) in [5.74, 6) is 0. The third kappa shape index (κ3) is 1.18. The second-order valence-corrected chi connectivity index (χ2v) is 5.71. The first-order valence-electron chi connectivity index (χ1n) is 4.41. The summed E-state index contributed by atoms with van der Waals surface area (Å²) in [6.07, 6.45) is 0. The molecular weight excluding hydrogens is 256 g/mol. The Hall–Kier alpha value is -0.860. The van der Waals surface area contributed by atoms with Gasteiger partial charge in [-0.3, -0.25) is 0 Å². The van der Waals surface area contributed by atoms with E-state index in [1.807, 2.05) is 0 Å². The smallest absolute Gasteiger partial charge is 0.0711 e. The lowest BCUT2D eigenvalue weighted by molar-refractivity contribution is 1.81. The van der Waals surface area contributed by atoms with E-state index in [2.05, 4.69) is 58.4 Å². The van der Waals surface area contributed by atoms with Crippen LogP contribution in [0.1, 0.15) is 0 Å². The minimum absolute atomic E-state index is 1.20. The van der Waals surface area contributed by atoms with E-state index in [1.54, 1.807) is 11.3 Å². The van der Waals surface area contributed by atoms with Gasteiger partial charge in [-0.05, 0) is 38.8 Å². The standard InChI is InChI=1S/C12H7BrS/c13-12-7-10-9-4-2-1-3-8(9)5-6-11(10)14-12/h1-7H. The predicted octanol–water partition coefficient (Wildman–Crippen LogP) is 4.82. The van der Waals surface area contributed by atoms with E-state index in [-0.39, 0.29) is 0 Å². The van der Waals surface area contributed by atoms with E-state index in [9.17, 15) is 0 Å². The first kappa shape index (κ1) is 8.45. The average Bonchev–Trinajstić information content (AvgIpc) is 2.59. The number of halogens is 1. The quantitative estimate of drug-likeness (QED) is 0.545. The van der Waals surface area contributed by atoms with Gasteiger partial charge in [0.25, 0.3) is 0 Å². The van der Waals surface area contributed by atoms with Crippen molar-refractivity contribution in [1.82, 2.24) is 0 Å². The third-order valence-electron chi connectivity index (χ3n) is 2.40. The summed E-state index contributed by atoms with van der Waals surface area (Å²) in [5, 5.41) is 4.00. The van der Waals surface area contributed by atoms with Gasteiger partial charge in [0.05, 0.1) is 3.79 Å². The fraction of sp³-hybridized carbons (Fsp3) is 0. The van der Waals surface area contributed by atoms with E-state index in [0.717, 1.165) is 0 Å². The number of thiophene rings is 1. The molecule has 0 saturated heterocycles. The second-order valence-electron chi connectivity index (χ2n) is 3.25. The number of hydrogen-bond donors (Lipinski definition) is 0. The Morgan fingerprint density at radius 2 is 1.79 bits per heavy atom. The van der Waals surface area contributed by atoms with Crippen molar-refractivity contribution in [2.24, 2.45) is 0 Å². The molecule has 1 heterocycles. The summed E-state index contributed by atoms with van der Waals surface area (Å²) in [7, 11) is 0. The van der Waals surface area contributed by atoms with Gasteiger partial charge in [0, 0.05) is 10.1 Å². The van der Waals surface area contributed by atoms with Gasteiger partial charge in [-0.25, -0.2) is 0 Å². The minimum atomic E-state index is 1.20. The van der Waals surface area contributed by atoms with Gasteiger partial charge in [0.15, 0.2) is 0 Å². The third-order valence-corrected chi connectivity index (χ3v) is 4.00. The molecule has 0 atom stereocenters. The lowest BCUT2D eigenvalue weighted by Crippen LogP contribution is -1.70. The molecule has 0 amide bonds. The molecule has 14 heavy (non-hydrogen) atoms. The van der Waals surface area contributed by atoms with Crippen LogP contribution in [0.15, 0.2) is 46.3 Å². The molecule has 3 rings (SSSR count). The summed E-state index contributed by atoms with van der Waals surface area (Å²) in [4.78, 5) is 0. The molecule has 0 aliphatic rings. The van der Waals surface area contributed by atoms with Crippen LogP contribution >= 0.6 is 27.3 Å². The monoisotopic (exact) mass is 262 g/mol. The van der Waals surface area contributed by atoms with Crippen molar-refractivity contribution >= 4 is 48.1 Å². The molecule has 0 unspecified atom stereocenters. The number of fused-ring (bicyclic) bond motifs is 3. The molecule has 68 valence electrons. The van der Waals surface area contributed by atoms with Crippen LogP contribution in [0.2, 0.25) is 0 Å². The highest BCUT2D eigenvalue weighted by Crippen LogP contribution is 2.34. The summed E-state index contributed by atoms with van der Waals surface area (Å²) < 4.78 is 2.54. The second kappa shape index (κ2) is 3.07. The van der Waals surface area contributed by atoms with Crippen LogP contribution in [0.3, 0.4) is 0 Å². The predicted molar refractivity (Wildman–Crippen MR) is 67.0 cm³/mol. The van der Waals surface area contributed by atoms with Crippen molar-refractivity contribution in [3.8, 4) is 0 Å². The van der Waals surface area contributed by atoms with Crippen molar-refractivity contribution in [2.75, 3.05) is 0 Å². The topological polar surface area (TPSA) is 0 Å². The Bertz CT molecular complexity index is 610. The molecule has 3 aromatic rings. The van der Waals surface area contributed by atoms with Gasteiger partial charge < -0.3 is 0 Å². The molecule has 0 nitrogen and oxygen atoms in total. The lowest BCUT2D eigenvalue weighted by atomic mass is 10.1. The maximum atomic E-state index is 3.53. The van der Waals surface area contributed by atoms with Crippen molar-refractivity contribution in [3.63, 3.8) is 0 Å². The minimum Gasteiger partial charge on any atom is -0.128 e. The van der Waals surface area contributed by atoms with Gasteiger partial charge in [0.2, 0.25) is 0 Å². The molecule has 0 spiro atoms. The van der Waals surface area contributed by atoms with Gasteiger partial charge in [-0.15, -0.1) is 11.3 Å². The summed E-state index contributed by atoms with van der Waals surface area (Å²) in [6.45, 7) is 0. The summed E-state index contributed by atoms with van der Waals surface area (Å²) in [6, 6.07) is 15.1. The molecule has 1 aromatic heterocycles. The maximum Gasteiger partial charge on any atom is 0.0711 e. The van der Waals surface area contributed by atoms with Crippen molar-refractivity contribution in [1.29, 1.82) is 0 Å². The Kier molecular flexibility index (Phi) is 1.85. The zero-order chi connectivity index (χ0) is 9.54. The fourth-order valence-electron chi connectivity index (χ4n) is 1.76. The molecule has 0 bridgehead atoms. The number of hydrogen-bond acceptors (Lipinski definition) is 1. The van der Waals surface area contributed by atoms with Gasteiger partial charge in [0.1, 0.15) is 0 Å². The summed E-state index contributed by atoms with van der Waals surface area (Å²) in [5.41, 5.74) is 0. The zero-order valence-corrected chi connectivity index (χ0v) is 9.73. The molecule has 0 saturated carbocycles. The van der Waals surface area contributed by atoms with Crippen molar-refractivity contribution < 1.29 is 0 Å². The molecular formula is C12H7BrS. The average molecular weight is 263 g/mol. The normalized spacial score (nSPS) is 11.2. The molecule has 2 aromatic carbocycles. The highest BCUT2D eigenvalue weighted by atomic mass is 79.9. The van der Waals surface area contributed by atoms with Gasteiger partial charge in [-0.2, -0.15) is 0 Å². The first-order valence-corrected chi connectivity index (χ1v) is 6.02. The molecule has 2 heteroatoms. The fourth-order valence-corrected chi connectivity index (χ4v) is 3.32. The number of rotatable bonds is 0. The van der Waals surface area contributed by atoms with E-state index in [1.165, 1.54) is 24.6 Å². The van der Waals surface area contributed by atoms with E-state index in [4.69, 9.17) is 0 Å². The molecule has 0 aliphatic heterocycles. The Labute approximate surface area is 94.3 Å². The van der Waals surface area contributed by atoms with E-state index < -0.39 is 0 Å². The van der Waals surface area contributed by atoms with Gasteiger partial charge >= 0.3 is 0 Å². The number of benzene rings is 2. The van der Waals surface area contributed by atoms with Crippen LogP contribution < -0.4 is 0 Å². The van der Waals surface area contributed by atoms with Gasteiger partial charge in [-0.1, -0.05) is 30.3 Å². The maximum absolute atomic E-state index is 3.53.